The molecule has 0 amide bonds. The van der Waals surface area contributed by atoms with Gasteiger partial charge in [-0.2, -0.15) is 0 Å². The third kappa shape index (κ3) is 3.72. The van der Waals surface area contributed by atoms with Crippen LogP contribution in [0.25, 0.3) is 0 Å². The van der Waals surface area contributed by atoms with Crippen LogP contribution in [0.1, 0.15) is 27.7 Å². The molecule has 0 aliphatic carbocycles. The average Bonchev–Trinajstić information content (AvgIpc) is 1.91. The highest BCUT2D eigenvalue weighted by Gasteiger charge is 1.96. The fourth-order valence-electron chi connectivity index (χ4n) is 0.661. The third-order valence-corrected chi connectivity index (χ3v) is 1.96. The maximum Gasteiger partial charge on any atom is 0.0455 e. The van der Waals surface area contributed by atoms with E-state index in [-0.39, 0.29) is 0 Å². The van der Waals surface area contributed by atoms with E-state index in [0.717, 1.165) is 11.5 Å². The van der Waals surface area contributed by atoms with Crippen LogP contribution < -0.4 is 0 Å². The zero-order valence-corrected chi connectivity index (χ0v) is 7.96. The first-order chi connectivity index (χ1) is 4.79. The molecule has 0 saturated heterocycles. The van der Waals surface area contributed by atoms with Gasteiger partial charge in [-0.3, -0.25) is 0 Å². The van der Waals surface area contributed by atoms with Crippen LogP contribution in [0.4, 0.5) is 0 Å². The summed E-state index contributed by atoms with van der Waals surface area (Å²) in [4.78, 5) is 0. The van der Waals surface area contributed by atoms with Gasteiger partial charge in [0.25, 0.3) is 0 Å². The monoisotopic (exact) mass is 157 g/mol. The van der Waals surface area contributed by atoms with E-state index in [2.05, 4.69) is 17.4 Å². The second-order valence-corrected chi connectivity index (χ2v) is 2.73. The van der Waals surface area contributed by atoms with Crippen molar-refractivity contribution in [2.24, 2.45) is 4.40 Å². The Bertz CT molecular complexity index is 147. The second-order valence-electron chi connectivity index (χ2n) is 2.00. The van der Waals surface area contributed by atoms with E-state index >= 15 is 0 Å². The summed E-state index contributed by atoms with van der Waals surface area (Å²) in [5, 5.41) is 0. The van der Waals surface area contributed by atoms with Crippen LogP contribution >= 0.6 is 11.9 Å². The van der Waals surface area contributed by atoms with Crippen molar-refractivity contribution in [1.29, 1.82) is 0 Å². The number of allylic oxidation sites excluding steroid dienone is 1. The van der Waals surface area contributed by atoms with Crippen LogP contribution in [0, 0.1) is 0 Å². The Labute approximate surface area is 67.8 Å². The van der Waals surface area contributed by atoms with E-state index in [1.54, 1.807) is 11.9 Å². The fraction of sp³-hybridized carbons (Fsp3) is 0.625. The number of hydrogen-bond donors (Lipinski definition) is 0. The predicted molar refractivity (Wildman–Crippen MR) is 50.7 cm³/mol. The number of hydrogen-bond acceptors (Lipinski definition) is 2. The van der Waals surface area contributed by atoms with Gasteiger partial charge in [0.15, 0.2) is 0 Å². The van der Waals surface area contributed by atoms with Crippen molar-refractivity contribution in [3.05, 3.63) is 11.6 Å². The van der Waals surface area contributed by atoms with Crippen molar-refractivity contribution in [1.82, 2.24) is 0 Å². The van der Waals surface area contributed by atoms with Gasteiger partial charge in [-0.15, -0.1) is 0 Å². The van der Waals surface area contributed by atoms with E-state index in [9.17, 15) is 0 Å². The molecule has 0 saturated carbocycles. The van der Waals surface area contributed by atoms with Gasteiger partial charge in [0.05, 0.1) is 0 Å². The van der Waals surface area contributed by atoms with Gasteiger partial charge in [0.2, 0.25) is 0 Å². The van der Waals surface area contributed by atoms with Crippen molar-refractivity contribution in [2.75, 3.05) is 5.75 Å². The molecule has 1 heterocycles. The van der Waals surface area contributed by atoms with Crippen LogP contribution in [0.2, 0.25) is 0 Å². The molecule has 2 heteroatoms. The van der Waals surface area contributed by atoms with Crippen LogP contribution in [-0.4, -0.2) is 11.5 Å². The van der Waals surface area contributed by atoms with E-state index in [4.69, 9.17) is 0 Å². The Morgan fingerprint density at radius 1 is 1.40 bits per heavy atom. The van der Waals surface area contributed by atoms with Gasteiger partial charge in [0, 0.05) is 11.5 Å². The molecule has 1 rings (SSSR count). The fourth-order valence-corrected chi connectivity index (χ4v) is 1.27. The zero-order valence-electron chi connectivity index (χ0n) is 7.14. The van der Waals surface area contributed by atoms with Gasteiger partial charge in [-0.05, 0) is 31.9 Å². The molecule has 0 bridgehead atoms. The molecule has 0 aromatic carbocycles. The molecular formula is C8H15NS. The predicted octanol–water partition coefficient (Wildman–Crippen LogP) is 3.08. The van der Waals surface area contributed by atoms with E-state index in [0.29, 0.717) is 0 Å². The third-order valence-electron chi connectivity index (χ3n) is 0.956. The quantitative estimate of drug-likeness (QED) is 0.492. The van der Waals surface area contributed by atoms with Crippen molar-refractivity contribution in [3.8, 4) is 0 Å². The minimum absolute atomic E-state index is 1.07. The lowest BCUT2D eigenvalue weighted by Gasteiger charge is -2.02. The molecule has 1 aliphatic heterocycles. The minimum atomic E-state index is 1.07. The normalized spacial score (nSPS) is 16.4. The van der Waals surface area contributed by atoms with Crippen molar-refractivity contribution < 1.29 is 0 Å². The molecular weight excluding hydrogens is 142 g/mol. The SMILES string of the molecule is CC.CC1=CC(C)=NSC1. The smallest absolute Gasteiger partial charge is 0.0455 e. The molecule has 0 aromatic rings. The lowest BCUT2D eigenvalue weighted by molar-refractivity contribution is 1.40. The summed E-state index contributed by atoms with van der Waals surface area (Å²) in [6, 6.07) is 0. The molecule has 0 atom stereocenters. The Kier molecular flexibility index (Phi) is 5.40. The Balaban J connectivity index is 0.000000371. The summed E-state index contributed by atoms with van der Waals surface area (Å²) in [6.45, 7) is 8.15. The summed E-state index contributed by atoms with van der Waals surface area (Å²) < 4.78 is 4.14. The number of nitrogens with zero attached hydrogens (tertiary/aromatic N) is 1. The van der Waals surface area contributed by atoms with Crippen LogP contribution in [0.3, 0.4) is 0 Å². The molecule has 1 aliphatic rings. The van der Waals surface area contributed by atoms with Crippen molar-refractivity contribution >= 4 is 17.7 Å². The molecule has 0 fully saturated rings. The Hall–Kier alpha value is -0.240. The first kappa shape index (κ1) is 9.76. The zero-order chi connectivity index (χ0) is 7.98. The summed E-state index contributed by atoms with van der Waals surface area (Å²) in [5.74, 6) is 1.07. The standard InChI is InChI=1S/C6H9NS.C2H6/c1-5-3-6(2)7-8-4-5;1-2/h3H,4H2,1-2H3;1-2H3. The lowest BCUT2D eigenvalue weighted by atomic mass is 10.2. The molecule has 0 radical (unpaired) electrons. The van der Waals surface area contributed by atoms with Gasteiger partial charge in [-0.25, -0.2) is 4.40 Å². The first-order valence-corrected chi connectivity index (χ1v) is 4.57. The molecule has 1 nitrogen and oxygen atoms in total. The van der Waals surface area contributed by atoms with Crippen LogP contribution in [-0.2, 0) is 0 Å². The van der Waals surface area contributed by atoms with E-state index in [1.807, 2.05) is 20.8 Å². The summed E-state index contributed by atoms with van der Waals surface area (Å²) in [6.07, 6.45) is 2.12. The summed E-state index contributed by atoms with van der Waals surface area (Å²) >= 11 is 1.63. The Morgan fingerprint density at radius 3 is 2.30 bits per heavy atom. The van der Waals surface area contributed by atoms with E-state index < -0.39 is 0 Å². The largest absolute Gasteiger partial charge is 0.221 e. The van der Waals surface area contributed by atoms with Crippen molar-refractivity contribution in [2.45, 2.75) is 27.7 Å². The molecule has 0 N–H and O–H groups in total. The maximum absolute atomic E-state index is 4.14. The molecule has 0 aromatic heterocycles. The molecule has 0 unspecified atom stereocenters. The molecule has 0 spiro atoms. The van der Waals surface area contributed by atoms with Crippen molar-refractivity contribution in [3.63, 3.8) is 0 Å². The van der Waals surface area contributed by atoms with Crippen LogP contribution in [0.5, 0.6) is 0 Å². The second kappa shape index (κ2) is 5.54. The number of rotatable bonds is 0. The highest BCUT2D eigenvalue weighted by molar-refractivity contribution is 7.98. The molecule has 10 heavy (non-hydrogen) atoms. The Morgan fingerprint density at radius 2 is 2.00 bits per heavy atom. The van der Waals surface area contributed by atoms with Crippen LogP contribution in [0.15, 0.2) is 16.0 Å². The summed E-state index contributed by atoms with van der Waals surface area (Å²) in [7, 11) is 0. The highest BCUT2D eigenvalue weighted by Crippen LogP contribution is 2.14. The lowest BCUT2D eigenvalue weighted by Crippen LogP contribution is -1.93. The van der Waals surface area contributed by atoms with E-state index in [1.165, 1.54) is 5.57 Å². The minimum Gasteiger partial charge on any atom is -0.221 e. The van der Waals surface area contributed by atoms with Gasteiger partial charge in [0.1, 0.15) is 0 Å². The van der Waals surface area contributed by atoms with Gasteiger partial charge < -0.3 is 0 Å². The molecule has 58 valence electrons. The first-order valence-electron chi connectivity index (χ1n) is 3.63. The highest BCUT2D eigenvalue weighted by atomic mass is 32.2. The summed E-state index contributed by atoms with van der Waals surface area (Å²) in [5.41, 5.74) is 2.56. The van der Waals surface area contributed by atoms with Gasteiger partial charge >= 0.3 is 0 Å². The van der Waals surface area contributed by atoms with Gasteiger partial charge in [-0.1, -0.05) is 19.4 Å². The topological polar surface area (TPSA) is 12.4 Å². The maximum atomic E-state index is 4.14. The average molecular weight is 157 g/mol.